The third kappa shape index (κ3) is 5.38. The van der Waals surface area contributed by atoms with Crippen molar-refractivity contribution in [2.24, 2.45) is 5.92 Å². The van der Waals surface area contributed by atoms with Crippen LogP contribution in [-0.2, 0) is 20.9 Å². The summed E-state index contributed by atoms with van der Waals surface area (Å²) in [4.78, 5) is 41.5. The minimum Gasteiger partial charge on any atom is -0.469 e. The van der Waals surface area contributed by atoms with Crippen LogP contribution < -0.4 is 10.9 Å². The highest BCUT2D eigenvalue weighted by Gasteiger charge is 2.23. The molecule has 1 aromatic heterocycles. The maximum Gasteiger partial charge on any atom is 0.307 e. The first-order valence-corrected chi connectivity index (χ1v) is 11.0. The molecule has 1 aromatic carbocycles. The summed E-state index contributed by atoms with van der Waals surface area (Å²) in [6, 6.07) is 7.30. The van der Waals surface area contributed by atoms with Crippen molar-refractivity contribution in [3.63, 3.8) is 0 Å². The van der Waals surface area contributed by atoms with E-state index in [9.17, 15) is 14.4 Å². The van der Waals surface area contributed by atoms with Crippen LogP contribution in [0.5, 0.6) is 0 Å². The molecular weight excluding hydrogens is 390 g/mol. The molecule has 8 heteroatoms. The lowest BCUT2D eigenvalue weighted by molar-refractivity contribution is -0.140. The highest BCUT2D eigenvalue weighted by atomic mass is 32.2. The van der Waals surface area contributed by atoms with Crippen LogP contribution in [0.4, 0.5) is 0 Å². The van der Waals surface area contributed by atoms with Gasteiger partial charge in [0, 0.05) is 12.6 Å². The molecular formula is C21H27N3O4S. The monoisotopic (exact) mass is 417 g/mol. The summed E-state index contributed by atoms with van der Waals surface area (Å²) in [5.74, 6) is 0.196. The highest BCUT2D eigenvalue weighted by molar-refractivity contribution is 7.99. The van der Waals surface area contributed by atoms with Gasteiger partial charge in [0.25, 0.3) is 5.56 Å². The van der Waals surface area contributed by atoms with Gasteiger partial charge < -0.3 is 10.1 Å². The number of rotatable bonds is 7. The molecule has 0 aliphatic heterocycles. The Morgan fingerprint density at radius 2 is 2.03 bits per heavy atom. The second-order valence-corrected chi connectivity index (χ2v) is 8.36. The zero-order valence-electron chi connectivity index (χ0n) is 16.8. The number of benzene rings is 1. The van der Waals surface area contributed by atoms with E-state index in [-0.39, 0.29) is 36.2 Å². The van der Waals surface area contributed by atoms with Crippen molar-refractivity contribution in [1.29, 1.82) is 0 Å². The molecule has 3 rings (SSSR count). The molecule has 0 radical (unpaired) electrons. The van der Waals surface area contributed by atoms with Crippen LogP contribution >= 0.6 is 11.8 Å². The molecule has 1 amide bonds. The molecule has 1 heterocycles. The van der Waals surface area contributed by atoms with Crippen LogP contribution in [0.3, 0.4) is 0 Å². The molecule has 156 valence electrons. The van der Waals surface area contributed by atoms with Crippen LogP contribution in [0.15, 0.2) is 34.2 Å². The normalized spacial score (nSPS) is 19.1. The number of thioether (sulfide) groups is 1. The molecule has 1 fully saturated rings. The number of hydrogen-bond acceptors (Lipinski definition) is 6. The lowest BCUT2D eigenvalue weighted by Gasteiger charge is -2.29. The second-order valence-electron chi connectivity index (χ2n) is 7.42. The van der Waals surface area contributed by atoms with Crippen molar-refractivity contribution in [2.75, 3.05) is 12.9 Å². The summed E-state index contributed by atoms with van der Waals surface area (Å²) in [6.07, 6.45) is 4.57. The van der Waals surface area contributed by atoms with Crippen LogP contribution in [-0.4, -0.2) is 40.3 Å². The lowest BCUT2D eigenvalue weighted by Crippen LogP contribution is -2.42. The summed E-state index contributed by atoms with van der Waals surface area (Å²) in [6.45, 7) is 2.33. The van der Waals surface area contributed by atoms with E-state index in [4.69, 9.17) is 0 Å². The number of nitrogens with zero attached hydrogens (tertiary/aromatic N) is 2. The van der Waals surface area contributed by atoms with Gasteiger partial charge in [-0.25, -0.2) is 4.98 Å². The van der Waals surface area contributed by atoms with Gasteiger partial charge in [-0.05, 0) is 30.9 Å². The maximum absolute atomic E-state index is 12.9. The fraction of sp³-hybridized carbons (Fsp3) is 0.524. The number of aromatic nitrogens is 2. The molecule has 2 atom stereocenters. The van der Waals surface area contributed by atoms with Crippen LogP contribution in [0, 0.1) is 5.92 Å². The minimum absolute atomic E-state index is 0.0596. The Kier molecular flexibility index (Phi) is 7.30. The minimum atomic E-state index is -0.398. The summed E-state index contributed by atoms with van der Waals surface area (Å²) < 4.78 is 6.15. The molecule has 0 bridgehead atoms. The molecule has 1 saturated carbocycles. The standard InChI is InChI=1S/C21H27N3O4S/c1-14-7-3-5-9-16(14)22-18(25)13-29-21-23-17-10-6-4-8-15(17)20(27)24(21)12-11-19(26)28-2/h4,6,8,10,14,16H,3,5,7,9,11-13H2,1-2H3,(H,22,25)/t14-,16+/m1/s1. The maximum atomic E-state index is 12.9. The second kappa shape index (κ2) is 9.91. The van der Waals surface area contributed by atoms with Gasteiger partial charge >= 0.3 is 5.97 Å². The molecule has 29 heavy (non-hydrogen) atoms. The molecule has 2 aromatic rings. The number of nitrogens with one attached hydrogen (secondary N) is 1. The van der Waals surface area contributed by atoms with E-state index in [1.54, 1.807) is 18.2 Å². The van der Waals surface area contributed by atoms with E-state index >= 15 is 0 Å². The Morgan fingerprint density at radius 1 is 1.28 bits per heavy atom. The van der Waals surface area contributed by atoms with Crippen molar-refractivity contribution in [2.45, 2.75) is 56.8 Å². The number of carbonyl (C=O) groups excluding carboxylic acids is 2. The highest BCUT2D eigenvalue weighted by Crippen LogP contribution is 2.24. The van der Waals surface area contributed by atoms with E-state index in [1.807, 2.05) is 6.07 Å². The van der Waals surface area contributed by atoms with E-state index in [0.29, 0.717) is 22.0 Å². The van der Waals surface area contributed by atoms with Crippen molar-refractivity contribution >= 4 is 34.5 Å². The van der Waals surface area contributed by atoms with Gasteiger partial charge in [-0.2, -0.15) is 0 Å². The first kappa shape index (κ1) is 21.4. The first-order valence-electron chi connectivity index (χ1n) is 9.98. The molecule has 0 saturated heterocycles. The number of fused-ring (bicyclic) bond motifs is 1. The third-order valence-corrected chi connectivity index (χ3v) is 6.36. The van der Waals surface area contributed by atoms with Crippen molar-refractivity contribution < 1.29 is 14.3 Å². The number of carbonyl (C=O) groups is 2. The molecule has 0 unspecified atom stereocenters. The number of ether oxygens (including phenoxy) is 1. The smallest absolute Gasteiger partial charge is 0.307 e. The largest absolute Gasteiger partial charge is 0.469 e. The topological polar surface area (TPSA) is 90.3 Å². The van der Waals surface area contributed by atoms with Crippen LogP contribution in [0.1, 0.15) is 39.0 Å². The molecule has 1 aliphatic carbocycles. The van der Waals surface area contributed by atoms with E-state index in [1.165, 1.54) is 29.9 Å². The molecule has 1 aliphatic rings. The van der Waals surface area contributed by atoms with E-state index < -0.39 is 5.97 Å². The Balaban J connectivity index is 1.76. The molecule has 7 nitrogen and oxygen atoms in total. The molecule has 0 spiro atoms. The number of amides is 1. The van der Waals surface area contributed by atoms with Gasteiger partial charge in [-0.1, -0.05) is 43.7 Å². The zero-order chi connectivity index (χ0) is 20.8. The SMILES string of the molecule is COC(=O)CCn1c(SCC(=O)N[C@H]2CCCC[C@H]2C)nc2ccccc2c1=O. The van der Waals surface area contributed by atoms with Gasteiger partial charge in [-0.15, -0.1) is 0 Å². The van der Waals surface area contributed by atoms with Crippen LogP contribution in [0.25, 0.3) is 10.9 Å². The van der Waals surface area contributed by atoms with Crippen molar-refractivity contribution in [3.8, 4) is 0 Å². The summed E-state index contributed by atoms with van der Waals surface area (Å²) in [7, 11) is 1.32. The Hall–Kier alpha value is -2.35. The summed E-state index contributed by atoms with van der Waals surface area (Å²) in [5.41, 5.74) is 0.360. The Labute approximate surface area is 174 Å². The number of para-hydroxylation sites is 1. The summed E-state index contributed by atoms with van der Waals surface area (Å²) >= 11 is 1.22. The Bertz CT molecular complexity index is 943. The fourth-order valence-electron chi connectivity index (χ4n) is 3.67. The molecule has 1 N–H and O–H groups in total. The zero-order valence-corrected chi connectivity index (χ0v) is 17.7. The number of esters is 1. The van der Waals surface area contributed by atoms with Crippen molar-refractivity contribution in [1.82, 2.24) is 14.9 Å². The van der Waals surface area contributed by atoms with E-state index in [0.717, 1.165) is 19.3 Å². The fourth-order valence-corrected chi connectivity index (χ4v) is 4.51. The van der Waals surface area contributed by atoms with Gasteiger partial charge in [0.05, 0.1) is 30.2 Å². The average Bonchev–Trinajstić information content (AvgIpc) is 2.73. The van der Waals surface area contributed by atoms with Gasteiger partial charge in [0.15, 0.2) is 5.16 Å². The summed E-state index contributed by atoms with van der Waals surface area (Å²) in [5, 5.41) is 4.04. The Morgan fingerprint density at radius 3 is 2.79 bits per heavy atom. The van der Waals surface area contributed by atoms with E-state index in [2.05, 4.69) is 22.0 Å². The quantitative estimate of drug-likeness (QED) is 0.423. The van der Waals surface area contributed by atoms with Gasteiger partial charge in [0.2, 0.25) is 5.91 Å². The predicted molar refractivity (Wildman–Crippen MR) is 113 cm³/mol. The lowest BCUT2D eigenvalue weighted by atomic mass is 9.86. The van der Waals surface area contributed by atoms with Crippen LogP contribution in [0.2, 0.25) is 0 Å². The predicted octanol–water partition coefficient (Wildman–Crippen LogP) is 2.75. The first-order chi connectivity index (χ1) is 14.0. The third-order valence-electron chi connectivity index (χ3n) is 5.38. The van der Waals surface area contributed by atoms with Gasteiger partial charge in [0.1, 0.15) is 0 Å². The number of methoxy groups -OCH3 is 1. The average molecular weight is 418 g/mol. The van der Waals surface area contributed by atoms with Crippen molar-refractivity contribution in [3.05, 3.63) is 34.6 Å². The van der Waals surface area contributed by atoms with Gasteiger partial charge in [-0.3, -0.25) is 19.0 Å². The number of hydrogen-bond donors (Lipinski definition) is 1.